The van der Waals surface area contributed by atoms with Gasteiger partial charge in [-0.05, 0) is 24.7 Å². The fourth-order valence-electron chi connectivity index (χ4n) is 1.70. The van der Waals surface area contributed by atoms with Gasteiger partial charge in [-0.1, -0.05) is 6.92 Å². The number of carbonyl (C=O) groups is 1. The van der Waals surface area contributed by atoms with Gasteiger partial charge in [0.05, 0.1) is 0 Å². The van der Waals surface area contributed by atoms with E-state index in [4.69, 9.17) is 5.73 Å². The monoisotopic (exact) mass is 223 g/mol. The Bertz CT molecular complexity index is 371. The van der Waals surface area contributed by atoms with Crippen LogP contribution in [0.5, 0.6) is 0 Å². The van der Waals surface area contributed by atoms with Gasteiger partial charge in [-0.3, -0.25) is 4.79 Å². The Morgan fingerprint density at radius 1 is 1.75 bits per heavy atom. The maximum absolute atomic E-state index is 11.5. The van der Waals surface area contributed by atoms with Crippen molar-refractivity contribution in [3.05, 3.63) is 6.33 Å². The number of hydrogen-bond donors (Lipinski definition) is 2. The van der Waals surface area contributed by atoms with E-state index >= 15 is 0 Å². The molecule has 1 atom stereocenters. The molecule has 1 aliphatic rings. The summed E-state index contributed by atoms with van der Waals surface area (Å²) in [6, 6.07) is 0. The molecule has 0 bridgehead atoms. The second-order valence-electron chi connectivity index (χ2n) is 4.42. The van der Waals surface area contributed by atoms with Crippen LogP contribution >= 0.6 is 0 Å². The minimum Gasteiger partial charge on any atom is -0.367 e. The van der Waals surface area contributed by atoms with Gasteiger partial charge in [-0.15, -0.1) is 5.10 Å². The standard InChI is InChI=1S/C10H17N5O/c1-7(8-2-3-8)4-12-9(16)5-15-6-13-10(11)14-15/h6-8H,2-5H2,1H3,(H2,11,14)(H,12,16). The molecule has 1 aromatic rings. The van der Waals surface area contributed by atoms with E-state index in [9.17, 15) is 4.79 Å². The summed E-state index contributed by atoms with van der Waals surface area (Å²) in [6.45, 7) is 3.10. The average molecular weight is 223 g/mol. The average Bonchev–Trinajstić information content (AvgIpc) is 3.01. The maximum atomic E-state index is 11.5. The van der Waals surface area contributed by atoms with E-state index in [1.807, 2.05) is 0 Å². The first kappa shape index (κ1) is 10.9. The summed E-state index contributed by atoms with van der Waals surface area (Å²) >= 11 is 0. The molecule has 1 aromatic heterocycles. The summed E-state index contributed by atoms with van der Waals surface area (Å²) in [5.74, 6) is 1.53. The van der Waals surface area contributed by atoms with Crippen LogP contribution in [0.3, 0.4) is 0 Å². The van der Waals surface area contributed by atoms with E-state index in [-0.39, 0.29) is 18.4 Å². The lowest BCUT2D eigenvalue weighted by Crippen LogP contribution is -2.32. The van der Waals surface area contributed by atoms with Crippen LogP contribution in [0.15, 0.2) is 6.33 Å². The van der Waals surface area contributed by atoms with Crippen LogP contribution in [-0.2, 0) is 11.3 Å². The van der Waals surface area contributed by atoms with E-state index in [1.165, 1.54) is 23.9 Å². The molecular formula is C10H17N5O. The molecule has 1 heterocycles. The molecule has 3 N–H and O–H groups in total. The normalized spacial score (nSPS) is 17.1. The van der Waals surface area contributed by atoms with Crippen molar-refractivity contribution >= 4 is 11.9 Å². The molecular weight excluding hydrogens is 206 g/mol. The summed E-state index contributed by atoms with van der Waals surface area (Å²) < 4.78 is 1.44. The maximum Gasteiger partial charge on any atom is 0.241 e. The Balaban J connectivity index is 1.71. The predicted molar refractivity (Wildman–Crippen MR) is 59.3 cm³/mol. The van der Waals surface area contributed by atoms with Crippen LogP contribution < -0.4 is 11.1 Å². The fraction of sp³-hybridized carbons (Fsp3) is 0.700. The van der Waals surface area contributed by atoms with Crippen LogP contribution in [0.1, 0.15) is 19.8 Å². The third kappa shape index (κ3) is 2.95. The molecule has 1 saturated carbocycles. The predicted octanol–water partition coefficient (Wildman–Crippen LogP) is 0.0226. The summed E-state index contributed by atoms with van der Waals surface area (Å²) in [7, 11) is 0. The second-order valence-corrected chi connectivity index (χ2v) is 4.42. The molecule has 2 rings (SSSR count). The number of hydrogen-bond acceptors (Lipinski definition) is 4. The van der Waals surface area contributed by atoms with Crippen LogP contribution in [0.2, 0.25) is 0 Å². The quantitative estimate of drug-likeness (QED) is 0.737. The van der Waals surface area contributed by atoms with Crippen molar-refractivity contribution in [3.63, 3.8) is 0 Å². The third-order valence-corrected chi connectivity index (χ3v) is 2.91. The Morgan fingerprint density at radius 3 is 3.06 bits per heavy atom. The van der Waals surface area contributed by atoms with Crippen LogP contribution in [0, 0.1) is 11.8 Å². The van der Waals surface area contributed by atoms with Crippen molar-refractivity contribution in [1.82, 2.24) is 20.1 Å². The van der Waals surface area contributed by atoms with Gasteiger partial charge >= 0.3 is 0 Å². The SMILES string of the molecule is CC(CNC(=O)Cn1cnc(N)n1)C1CC1. The van der Waals surface area contributed by atoms with Crippen molar-refractivity contribution in [1.29, 1.82) is 0 Å². The fourth-order valence-corrected chi connectivity index (χ4v) is 1.70. The second kappa shape index (κ2) is 4.51. The molecule has 0 saturated heterocycles. The number of amides is 1. The number of aromatic nitrogens is 3. The van der Waals surface area contributed by atoms with E-state index in [0.29, 0.717) is 5.92 Å². The van der Waals surface area contributed by atoms with Crippen molar-refractivity contribution < 1.29 is 4.79 Å². The Kier molecular flexibility index (Phi) is 3.07. The summed E-state index contributed by atoms with van der Waals surface area (Å²) in [6.07, 6.45) is 4.06. The lowest BCUT2D eigenvalue weighted by molar-refractivity contribution is -0.122. The Labute approximate surface area is 94.2 Å². The number of nitrogens with two attached hydrogens (primary N) is 1. The largest absolute Gasteiger partial charge is 0.367 e. The van der Waals surface area contributed by atoms with Crippen molar-refractivity contribution in [2.75, 3.05) is 12.3 Å². The molecule has 88 valence electrons. The summed E-state index contributed by atoms with van der Waals surface area (Å²) in [4.78, 5) is 15.3. The van der Waals surface area contributed by atoms with Crippen molar-refractivity contribution in [2.45, 2.75) is 26.3 Å². The number of nitrogens with one attached hydrogen (secondary N) is 1. The van der Waals surface area contributed by atoms with Gasteiger partial charge in [0, 0.05) is 6.54 Å². The molecule has 16 heavy (non-hydrogen) atoms. The van der Waals surface area contributed by atoms with E-state index in [0.717, 1.165) is 12.5 Å². The molecule has 1 fully saturated rings. The minimum atomic E-state index is -0.0441. The minimum absolute atomic E-state index is 0.0441. The molecule has 1 aliphatic carbocycles. The first-order chi connectivity index (χ1) is 7.65. The highest BCUT2D eigenvalue weighted by molar-refractivity contribution is 5.75. The van der Waals surface area contributed by atoms with E-state index in [2.05, 4.69) is 22.3 Å². The zero-order valence-electron chi connectivity index (χ0n) is 9.39. The molecule has 1 amide bonds. The smallest absolute Gasteiger partial charge is 0.241 e. The first-order valence-corrected chi connectivity index (χ1v) is 5.57. The summed E-state index contributed by atoms with van der Waals surface area (Å²) in [5.41, 5.74) is 5.35. The third-order valence-electron chi connectivity index (χ3n) is 2.91. The van der Waals surface area contributed by atoms with Gasteiger partial charge < -0.3 is 11.1 Å². The topological polar surface area (TPSA) is 85.8 Å². The molecule has 0 radical (unpaired) electrons. The van der Waals surface area contributed by atoms with Gasteiger partial charge in [-0.25, -0.2) is 9.67 Å². The molecule has 6 nitrogen and oxygen atoms in total. The molecule has 6 heteroatoms. The number of carbonyl (C=O) groups excluding carboxylic acids is 1. The van der Waals surface area contributed by atoms with Crippen molar-refractivity contribution in [2.24, 2.45) is 11.8 Å². The van der Waals surface area contributed by atoms with Gasteiger partial charge in [0.15, 0.2) is 0 Å². The van der Waals surface area contributed by atoms with Gasteiger partial charge in [0.1, 0.15) is 12.9 Å². The number of rotatable bonds is 5. The lowest BCUT2D eigenvalue weighted by Gasteiger charge is -2.11. The highest BCUT2D eigenvalue weighted by Gasteiger charge is 2.27. The molecule has 0 aromatic carbocycles. The number of nitrogen functional groups attached to an aromatic ring is 1. The Hall–Kier alpha value is -1.59. The van der Waals surface area contributed by atoms with Gasteiger partial charge in [0.2, 0.25) is 11.9 Å². The van der Waals surface area contributed by atoms with Crippen LogP contribution in [0.25, 0.3) is 0 Å². The van der Waals surface area contributed by atoms with Crippen molar-refractivity contribution in [3.8, 4) is 0 Å². The van der Waals surface area contributed by atoms with Gasteiger partial charge in [-0.2, -0.15) is 0 Å². The van der Waals surface area contributed by atoms with Crippen LogP contribution in [0.4, 0.5) is 5.95 Å². The van der Waals surface area contributed by atoms with Crippen LogP contribution in [-0.4, -0.2) is 27.2 Å². The number of anilines is 1. The van der Waals surface area contributed by atoms with Gasteiger partial charge in [0.25, 0.3) is 0 Å². The Morgan fingerprint density at radius 2 is 2.50 bits per heavy atom. The number of nitrogens with zero attached hydrogens (tertiary/aromatic N) is 3. The highest BCUT2D eigenvalue weighted by Crippen LogP contribution is 2.35. The first-order valence-electron chi connectivity index (χ1n) is 5.57. The zero-order valence-corrected chi connectivity index (χ0v) is 9.39. The summed E-state index contributed by atoms with van der Waals surface area (Å²) in [5, 5.41) is 6.74. The molecule has 1 unspecified atom stereocenters. The zero-order chi connectivity index (χ0) is 11.5. The van der Waals surface area contributed by atoms with E-state index < -0.39 is 0 Å². The van der Waals surface area contributed by atoms with E-state index in [1.54, 1.807) is 0 Å². The lowest BCUT2D eigenvalue weighted by atomic mass is 10.1. The molecule has 0 aliphatic heterocycles. The molecule has 0 spiro atoms. The highest BCUT2D eigenvalue weighted by atomic mass is 16.2.